The molecule has 1 heterocycles. The lowest BCUT2D eigenvalue weighted by atomic mass is 10.1. The van der Waals surface area contributed by atoms with Gasteiger partial charge < -0.3 is 10.2 Å². The molecule has 1 aromatic heterocycles. The molecule has 1 unspecified atom stereocenters. The highest BCUT2D eigenvalue weighted by molar-refractivity contribution is 7.98. The van der Waals surface area contributed by atoms with Crippen molar-refractivity contribution in [3.8, 4) is 0 Å². The molecule has 0 amide bonds. The smallest absolute Gasteiger partial charge is 0.185 e. The van der Waals surface area contributed by atoms with Gasteiger partial charge in [-0.05, 0) is 38.3 Å². The molecule has 0 aliphatic heterocycles. The Morgan fingerprint density at radius 3 is 2.58 bits per heavy atom. The summed E-state index contributed by atoms with van der Waals surface area (Å²) < 4.78 is 0. The Morgan fingerprint density at radius 1 is 1.37 bits per heavy atom. The number of thiazole rings is 1. The molecule has 0 aromatic carbocycles. The summed E-state index contributed by atoms with van der Waals surface area (Å²) >= 11 is 3.74. The van der Waals surface area contributed by atoms with Gasteiger partial charge in [-0.2, -0.15) is 11.8 Å². The van der Waals surface area contributed by atoms with Gasteiger partial charge in [-0.3, -0.25) is 0 Å². The predicted octanol–water partition coefficient (Wildman–Crippen LogP) is 3.56. The van der Waals surface area contributed by atoms with Crippen LogP contribution in [0.2, 0.25) is 0 Å². The van der Waals surface area contributed by atoms with Crippen LogP contribution in [0.1, 0.15) is 43.7 Å². The third-order valence-corrected chi connectivity index (χ3v) is 5.11. The standard InChI is InChI=1S/C14H27N3S2/c1-10(2)13-12(9-15-4)19-14(16-13)17(5)11(3)7-8-18-6/h10-11,15H,7-9H2,1-6H3. The number of hydrogen-bond acceptors (Lipinski definition) is 5. The summed E-state index contributed by atoms with van der Waals surface area (Å²) in [6.45, 7) is 7.63. The molecule has 1 atom stereocenters. The highest BCUT2D eigenvalue weighted by atomic mass is 32.2. The Hall–Kier alpha value is -0.260. The molecule has 0 bridgehead atoms. The van der Waals surface area contributed by atoms with Crippen molar-refractivity contribution in [1.82, 2.24) is 10.3 Å². The minimum atomic E-state index is 0.489. The number of nitrogens with one attached hydrogen (secondary N) is 1. The summed E-state index contributed by atoms with van der Waals surface area (Å²) in [7, 11) is 4.16. The molecule has 3 nitrogen and oxygen atoms in total. The number of hydrogen-bond donors (Lipinski definition) is 1. The minimum Gasteiger partial charge on any atom is -0.348 e. The van der Waals surface area contributed by atoms with Crippen LogP contribution in [0.5, 0.6) is 0 Å². The van der Waals surface area contributed by atoms with E-state index < -0.39 is 0 Å². The molecule has 19 heavy (non-hydrogen) atoms. The van der Waals surface area contributed by atoms with E-state index in [4.69, 9.17) is 4.98 Å². The third kappa shape index (κ3) is 4.65. The second-order valence-corrected chi connectivity index (χ2v) is 7.28. The molecule has 1 rings (SSSR count). The van der Waals surface area contributed by atoms with Gasteiger partial charge in [0.1, 0.15) is 0 Å². The quantitative estimate of drug-likeness (QED) is 0.794. The van der Waals surface area contributed by atoms with E-state index in [1.807, 2.05) is 30.1 Å². The maximum atomic E-state index is 4.86. The van der Waals surface area contributed by atoms with E-state index in [0.29, 0.717) is 12.0 Å². The number of rotatable bonds is 8. The first-order valence-electron chi connectivity index (χ1n) is 6.87. The van der Waals surface area contributed by atoms with Crippen molar-refractivity contribution in [3.05, 3.63) is 10.6 Å². The first-order chi connectivity index (χ1) is 9.01. The zero-order valence-electron chi connectivity index (χ0n) is 13.0. The predicted molar refractivity (Wildman–Crippen MR) is 89.8 cm³/mol. The Labute approximate surface area is 126 Å². The molecule has 0 fully saturated rings. The first kappa shape index (κ1) is 16.8. The van der Waals surface area contributed by atoms with Crippen molar-refractivity contribution >= 4 is 28.2 Å². The van der Waals surface area contributed by atoms with Crippen LogP contribution in [0.4, 0.5) is 5.13 Å². The van der Waals surface area contributed by atoms with Crippen LogP contribution in [0.3, 0.4) is 0 Å². The molecule has 1 aromatic rings. The SMILES string of the molecule is CNCc1sc(N(C)C(C)CCSC)nc1C(C)C. The Bertz CT molecular complexity index is 377. The minimum absolute atomic E-state index is 0.489. The van der Waals surface area contributed by atoms with E-state index in [9.17, 15) is 0 Å². The van der Waals surface area contributed by atoms with Gasteiger partial charge >= 0.3 is 0 Å². The van der Waals surface area contributed by atoms with E-state index in [0.717, 1.165) is 11.7 Å². The molecule has 0 aliphatic carbocycles. The fourth-order valence-corrected chi connectivity index (χ4v) is 3.78. The molecular weight excluding hydrogens is 274 g/mol. The van der Waals surface area contributed by atoms with Crippen molar-refractivity contribution in [3.63, 3.8) is 0 Å². The molecule has 110 valence electrons. The van der Waals surface area contributed by atoms with Crippen LogP contribution in [-0.4, -0.2) is 37.1 Å². The van der Waals surface area contributed by atoms with E-state index in [-0.39, 0.29) is 0 Å². The summed E-state index contributed by atoms with van der Waals surface area (Å²) in [6, 6.07) is 0.543. The van der Waals surface area contributed by atoms with Crippen LogP contribution in [0.15, 0.2) is 0 Å². The van der Waals surface area contributed by atoms with Crippen molar-refractivity contribution in [2.45, 2.75) is 45.7 Å². The summed E-state index contributed by atoms with van der Waals surface area (Å²) in [5, 5.41) is 4.40. The fourth-order valence-electron chi connectivity index (χ4n) is 1.91. The molecule has 0 aliphatic rings. The fraction of sp³-hybridized carbons (Fsp3) is 0.786. The van der Waals surface area contributed by atoms with Gasteiger partial charge in [-0.1, -0.05) is 13.8 Å². The van der Waals surface area contributed by atoms with Crippen molar-refractivity contribution in [2.75, 3.05) is 31.0 Å². The monoisotopic (exact) mass is 301 g/mol. The van der Waals surface area contributed by atoms with Crippen LogP contribution in [0.25, 0.3) is 0 Å². The Kier molecular flexibility index (Phi) is 7.18. The van der Waals surface area contributed by atoms with Gasteiger partial charge in [0.2, 0.25) is 0 Å². The average molecular weight is 302 g/mol. The molecule has 0 radical (unpaired) electrons. The van der Waals surface area contributed by atoms with Crippen molar-refractivity contribution < 1.29 is 0 Å². The Balaban J connectivity index is 2.84. The van der Waals surface area contributed by atoms with E-state index in [1.165, 1.54) is 22.7 Å². The third-order valence-electron chi connectivity index (χ3n) is 3.30. The number of aromatic nitrogens is 1. The summed E-state index contributed by atoms with van der Waals surface area (Å²) in [5.74, 6) is 1.69. The normalized spacial score (nSPS) is 13.0. The zero-order chi connectivity index (χ0) is 14.4. The lowest BCUT2D eigenvalue weighted by Crippen LogP contribution is -2.29. The summed E-state index contributed by atoms with van der Waals surface area (Å²) in [4.78, 5) is 8.55. The number of anilines is 1. The maximum Gasteiger partial charge on any atom is 0.185 e. The van der Waals surface area contributed by atoms with Gasteiger partial charge in [-0.15, -0.1) is 11.3 Å². The van der Waals surface area contributed by atoms with Gasteiger partial charge in [0.15, 0.2) is 5.13 Å². The van der Waals surface area contributed by atoms with Crippen molar-refractivity contribution in [2.24, 2.45) is 0 Å². The van der Waals surface area contributed by atoms with Gasteiger partial charge in [0, 0.05) is 24.5 Å². The molecule has 1 N–H and O–H groups in total. The lowest BCUT2D eigenvalue weighted by molar-refractivity contribution is 0.665. The largest absolute Gasteiger partial charge is 0.348 e. The summed E-state index contributed by atoms with van der Waals surface area (Å²) in [5.41, 5.74) is 1.25. The number of nitrogens with zero attached hydrogens (tertiary/aromatic N) is 2. The summed E-state index contributed by atoms with van der Waals surface area (Å²) in [6.07, 6.45) is 3.37. The first-order valence-corrected chi connectivity index (χ1v) is 9.08. The highest BCUT2D eigenvalue weighted by Gasteiger charge is 2.18. The van der Waals surface area contributed by atoms with E-state index >= 15 is 0 Å². The van der Waals surface area contributed by atoms with E-state index in [1.54, 1.807) is 0 Å². The van der Waals surface area contributed by atoms with Gasteiger partial charge in [-0.25, -0.2) is 4.98 Å². The Morgan fingerprint density at radius 2 is 2.05 bits per heavy atom. The second kappa shape index (κ2) is 8.12. The van der Waals surface area contributed by atoms with Crippen LogP contribution < -0.4 is 10.2 Å². The zero-order valence-corrected chi connectivity index (χ0v) is 14.6. The molecule has 0 saturated heterocycles. The topological polar surface area (TPSA) is 28.2 Å². The van der Waals surface area contributed by atoms with Crippen molar-refractivity contribution in [1.29, 1.82) is 0 Å². The molecule has 5 heteroatoms. The number of thioether (sulfide) groups is 1. The maximum absolute atomic E-state index is 4.86. The van der Waals surface area contributed by atoms with E-state index in [2.05, 4.69) is 44.3 Å². The van der Waals surface area contributed by atoms with Crippen LogP contribution in [0, 0.1) is 0 Å². The van der Waals surface area contributed by atoms with Gasteiger partial charge in [0.25, 0.3) is 0 Å². The highest BCUT2D eigenvalue weighted by Crippen LogP contribution is 2.31. The molecular formula is C14H27N3S2. The average Bonchev–Trinajstić information content (AvgIpc) is 2.79. The van der Waals surface area contributed by atoms with Gasteiger partial charge in [0.05, 0.1) is 5.69 Å². The van der Waals surface area contributed by atoms with Crippen LogP contribution >= 0.6 is 23.1 Å². The molecule has 0 spiro atoms. The van der Waals surface area contributed by atoms with Crippen LogP contribution in [-0.2, 0) is 6.54 Å². The lowest BCUT2D eigenvalue weighted by Gasteiger charge is -2.24. The second-order valence-electron chi connectivity index (χ2n) is 5.23. The molecule has 0 saturated carbocycles.